The van der Waals surface area contributed by atoms with Gasteiger partial charge in [0.15, 0.2) is 0 Å². The van der Waals surface area contributed by atoms with Gasteiger partial charge in [0.25, 0.3) is 0 Å². The molecule has 1 aromatic heterocycles. The molecule has 0 amide bonds. The van der Waals surface area contributed by atoms with Crippen LogP contribution >= 0.6 is 0 Å². The summed E-state index contributed by atoms with van der Waals surface area (Å²) >= 11 is 0. The van der Waals surface area contributed by atoms with Crippen molar-refractivity contribution >= 4 is 0 Å². The molecular formula is C15H25N3. The molecule has 18 heavy (non-hydrogen) atoms. The second-order valence-corrected chi connectivity index (χ2v) is 5.83. The molecule has 3 nitrogen and oxygen atoms in total. The highest BCUT2D eigenvalue weighted by molar-refractivity contribution is 5.16. The minimum atomic E-state index is 0.515. The van der Waals surface area contributed by atoms with Crippen LogP contribution in [0.2, 0.25) is 0 Å². The van der Waals surface area contributed by atoms with Crippen LogP contribution in [0.5, 0.6) is 0 Å². The molecule has 0 saturated carbocycles. The second kappa shape index (κ2) is 5.81. The fraction of sp³-hybridized carbons (Fsp3) is 0.667. The van der Waals surface area contributed by atoms with E-state index in [9.17, 15) is 0 Å². The lowest BCUT2D eigenvalue weighted by Gasteiger charge is -2.38. The topological polar surface area (TPSA) is 19.4 Å². The van der Waals surface area contributed by atoms with Crippen molar-refractivity contribution in [3.63, 3.8) is 0 Å². The Balaban J connectivity index is 1.96. The van der Waals surface area contributed by atoms with Gasteiger partial charge in [-0.05, 0) is 31.5 Å². The zero-order valence-electron chi connectivity index (χ0n) is 12.1. The monoisotopic (exact) mass is 247 g/mol. The van der Waals surface area contributed by atoms with E-state index in [0.717, 1.165) is 19.6 Å². The highest BCUT2D eigenvalue weighted by Crippen LogP contribution is 2.15. The number of nitrogens with zero attached hydrogens (tertiary/aromatic N) is 3. The van der Waals surface area contributed by atoms with Gasteiger partial charge in [0.2, 0.25) is 0 Å². The summed E-state index contributed by atoms with van der Waals surface area (Å²) in [5, 5.41) is 0. The number of hydrogen-bond donors (Lipinski definition) is 0. The molecule has 0 spiro atoms. The third kappa shape index (κ3) is 3.30. The summed E-state index contributed by atoms with van der Waals surface area (Å²) in [6.45, 7) is 11.2. The maximum atomic E-state index is 4.55. The molecule has 1 aromatic rings. The molecule has 3 heteroatoms. The van der Waals surface area contributed by atoms with Crippen LogP contribution in [0.4, 0.5) is 0 Å². The van der Waals surface area contributed by atoms with E-state index in [1.807, 2.05) is 6.20 Å². The van der Waals surface area contributed by atoms with Crippen molar-refractivity contribution in [1.82, 2.24) is 14.8 Å². The van der Waals surface area contributed by atoms with Crippen molar-refractivity contribution < 1.29 is 0 Å². The van der Waals surface area contributed by atoms with Gasteiger partial charge < -0.3 is 4.90 Å². The van der Waals surface area contributed by atoms with Gasteiger partial charge in [0.1, 0.15) is 0 Å². The Kier molecular flexibility index (Phi) is 4.36. The van der Waals surface area contributed by atoms with Crippen LogP contribution in [0.1, 0.15) is 37.9 Å². The molecule has 1 saturated heterocycles. The van der Waals surface area contributed by atoms with Crippen LogP contribution in [-0.4, -0.2) is 47.5 Å². The van der Waals surface area contributed by atoms with Crippen LogP contribution in [-0.2, 0) is 6.54 Å². The number of hydrogen-bond acceptors (Lipinski definition) is 3. The van der Waals surface area contributed by atoms with Crippen molar-refractivity contribution in [3.05, 3.63) is 29.6 Å². The highest BCUT2D eigenvalue weighted by Gasteiger charge is 2.21. The van der Waals surface area contributed by atoms with Gasteiger partial charge in [-0.15, -0.1) is 0 Å². The van der Waals surface area contributed by atoms with Crippen molar-refractivity contribution in [1.29, 1.82) is 0 Å². The zero-order valence-corrected chi connectivity index (χ0v) is 12.1. The average Bonchev–Trinajstić information content (AvgIpc) is 2.33. The summed E-state index contributed by atoms with van der Waals surface area (Å²) in [6, 6.07) is 5.03. The first kappa shape index (κ1) is 13.5. The molecule has 0 N–H and O–H groups in total. The van der Waals surface area contributed by atoms with Crippen molar-refractivity contribution in [2.75, 3.05) is 26.7 Å². The fourth-order valence-electron chi connectivity index (χ4n) is 2.52. The Morgan fingerprint density at radius 1 is 1.33 bits per heavy atom. The molecule has 100 valence electrons. The van der Waals surface area contributed by atoms with Gasteiger partial charge in [0, 0.05) is 44.1 Å². The van der Waals surface area contributed by atoms with Crippen molar-refractivity contribution in [2.45, 2.75) is 39.3 Å². The van der Waals surface area contributed by atoms with Gasteiger partial charge >= 0.3 is 0 Å². The molecule has 1 atom stereocenters. The molecule has 1 fully saturated rings. The Hall–Kier alpha value is -0.930. The molecule has 0 aromatic carbocycles. The third-order valence-corrected chi connectivity index (χ3v) is 3.79. The Bertz CT molecular complexity index is 372. The lowest BCUT2D eigenvalue weighted by Crippen LogP contribution is -2.49. The summed E-state index contributed by atoms with van der Waals surface area (Å²) in [4.78, 5) is 9.50. The Labute approximate surface area is 111 Å². The van der Waals surface area contributed by atoms with Crippen LogP contribution in [0.15, 0.2) is 18.3 Å². The number of piperazine rings is 1. The maximum Gasteiger partial charge on any atom is 0.0429 e. The quantitative estimate of drug-likeness (QED) is 0.817. The van der Waals surface area contributed by atoms with Crippen LogP contribution in [0, 0.1) is 0 Å². The first-order valence-electron chi connectivity index (χ1n) is 6.93. The third-order valence-electron chi connectivity index (χ3n) is 3.79. The van der Waals surface area contributed by atoms with Gasteiger partial charge in [-0.3, -0.25) is 9.88 Å². The van der Waals surface area contributed by atoms with E-state index in [0.29, 0.717) is 12.0 Å². The van der Waals surface area contributed by atoms with Crippen LogP contribution < -0.4 is 0 Å². The minimum Gasteiger partial charge on any atom is -0.304 e. The predicted octanol–water partition coefficient (Wildman–Crippen LogP) is 2.34. The van der Waals surface area contributed by atoms with E-state index in [-0.39, 0.29) is 0 Å². The molecule has 2 rings (SSSR count). The van der Waals surface area contributed by atoms with Crippen molar-refractivity contribution in [3.8, 4) is 0 Å². The lowest BCUT2D eigenvalue weighted by molar-refractivity contribution is 0.0937. The van der Waals surface area contributed by atoms with Gasteiger partial charge in [-0.25, -0.2) is 0 Å². The van der Waals surface area contributed by atoms with E-state index in [1.165, 1.54) is 17.8 Å². The van der Waals surface area contributed by atoms with E-state index in [1.54, 1.807) is 0 Å². The average molecular weight is 247 g/mol. The Morgan fingerprint density at radius 3 is 2.67 bits per heavy atom. The molecule has 0 unspecified atom stereocenters. The number of pyridine rings is 1. The maximum absolute atomic E-state index is 4.55. The van der Waals surface area contributed by atoms with Crippen LogP contribution in [0.25, 0.3) is 0 Å². The second-order valence-electron chi connectivity index (χ2n) is 5.83. The standard InChI is InChI=1S/C15H25N3/c1-12(2)15-6-5-14(9-16-15)11-18-8-7-17(4)10-13(18)3/h5-6,9,12-13H,7-8,10-11H2,1-4H3/t13-/m1/s1. The zero-order chi connectivity index (χ0) is 13.1. The Morgan fingerprint density at radius 2 is 2.11 bits per heavy atom. The summed E-state index contributed by atoms with van der Waals surface area (Å²) in [5.41, 5.74) is 2.51. The lowest BCUT2D eigenvalue weighted by atomic mass is 10.1. The number of aromatic nitrogens is 1. The molecule has 0 radical (unpaired) electrons. The number of likely N-dealkylation sites (N-methyl/N-ethyl adjacent to an activating group) is 1. The van der Waals surface area contributed by atoms with Crippen molar-refractivity contribution in [2.24, 2.45) is 0 Å². The fourth-order valence-corrected chi connectivity index (χ4v) is 2.52. The molecule has 2 heterocycles. The smallest absolute Gasteiger partial charge is 0.0429 e. The van der Waals surface area contributed by atoms with Gasteiger partial charge in [-0.1, -0.05) is 19.9 Å². The summed E-state index contributed by atoms with van der Waals surface area (Å²) in [6.07, 6.45) is 2.04. The number of rotatable bonds is 3. The first-order valence-corrected chi connectivity index (χ1v) is 6.93. The summed E-state index contributed by atoms with van der Waals surface area (Å²) < 4.78 is 0. The van der Waals surface area contributed by atoms with Crippen LogP contribution in [0.3, 0.4) is 0 Å². The van der Waals surface area contributed by atoms with E-state index in [4.69, 9.17) is 0 Å². The van der Waals surface area contributed by atoms with Gasteiger partial charge in [-0.2, -0.15) is 0 Å². The predicted molar refractivity (Wildman–Crippen MR) is 75.7 cm³/mol. The molecule has 1 aliphatic heterocycles. The van der Waals surface area contributed by atoms with E-state index >= 15 is 0 Å². The van der Waals surface area contributed by atoms with Gasteiger partial charge in [0.05, 0.1) is 0 Å². The van der Waals surface area contributed by atoms with E-state index in [2.05, 4.69) is 54.7 Å². The normalized spacial score (nSPS) is 22.6. The molecule has 0 aliphatic carbocycles. The minimum absolute atomic E-state index is 0.515. The largest absolute Gasteiger partial charge is 0.304 e. The SMILES string of the molecule is CC(C)c1ccc(CN2CCN(C)C[C@H]2C)cn1. The molecule has 0 bridgehead atoms. The first-order chi connectivity index (χ1) is 8.56. The summed E-state index contributed by atoms with van der Waals surface area (Å²) in [7, 11) is 2.20. The van der Waals surface area contributed by atoms with E-state index < -0.39 is 0 Å². The summed E-state index contributed by atoms with van der Waals surface area (Å²) in [5.74, 6) is 0.515. The molecular weight excluding hydrogens is 222 g/mol. The molecule has 1 aliphatic rings. The highest BCUT2D eigenvalue weighted by atomic mass is 15.3.